The minimum Gasteiger partial charge on any atom is -0.272 e. The van der Waals surface area contributed by atoms with E-state index in [4.69, 9.17) is 4.98 Å². The summed E-state index contributed by atoms with van der Waals surface area (Å²) in [5.74, 6) is -0.172. The fraction of sp³-hybridized carbons (Fsp3) is 0.231. The van der Waals surface area contributed by atoms with Gasteiger partial charge in [0.15, 0.2) is 5.16 Å². The Morgan fingerprint density at radius 1 is 1.17 bits per heavy atom. The first-order chi connectivity index (χ1) is 17.0. The zero-order chi connectivity index (χ0) is 24.4. The molecule has 5 rings (SSSR count). The predicted molar refractivity (Wildman–Crippen MR) is 147 cm³/mol. The highest BCUT2D eigenvalue weighted by Gasteiger charge is 2.23. The lowest BCUT2D eigenvalue weighted by atomic mass is 9.97. The Bertz CT molecular complexity index is 1490. The van der Waals surface area contributed by atoms with E-state index in [1.165, 1.54) is 16.6 Å². The highest BCUT2D eigenvalue weighted by molar-refractivity contribution is 9.10. The molecule has 0 fully saturated rings. The molecule has 0 unspecified atom stereocenters. The lowest BCUT2D eigenvalue weighted by molar-refractivity contribution is -0.118. The van der Waals surface area contributed by atoms with E-state index in [0.717, 1.165) is 57.2 Å². The molecule has 0 saturated heterocycles. The molecule has 1 N–H and O–H groups in total. The molecular weight excluding hydrogens is 544 g/mol. The molecule has 35 heavy (non-hydrogen) atoms. The molecule has 0 spiro atoms. The van der Waals surface area contributed by atoms with Gasteiger partial charge in [-0.05, 0) is 68.0 Å². The number of carbonyl (C=O) groups excluding carboxylic acids is 1. The van der Waals surface area contributed by atoms with Crippen LogP contribution < -0.4 is 11.0 Å². The van der Waals surface area contributed by atoms with Crippen molar-refractivity contribution < 1.29 is 4.79 Å². The van der Waals surface area contributed by atoms with E-state index in [-0.39, 0.29) is 17.2 Å². The molecule has 0 aliphatic heterocycles. The number of para-hydroxylation sites is 1. The van der Waals surface area contributed by atoms with Crippen LogP contribution in [0.5, 0.6) is 0 Å². The summed E-state index contributed by atoms with van der Waals surface area (Å²) in [5.41, 5.74) is 6.08. The van der Waals surface area contributed by atoms with Gasteiger partial charge in [0.1, 0.15) is 4.83 Å². The molecular formula is C26H23BrN4O2S2. The molecule has 1 aliphatic rings. The zero-order valence-electron chi connectivity index (χ0n) is 19.1. The lowest BCUT2D eigenvalue weighted by Crippen LogP contribution is -2.24. The summed E-state index contributed by atoms with van der Waals surface area (Å²) in [6, 6.07) is 17.2. The van der Waals surface area contributed by atoms with Gasteiger partial charge < -0.3 is 0 Å². The van der Waals surface area contributed by atoms with E-state index >= 15 is 0 Å². The second-order valence-corrected chi connectivity index (χ2v) is 11.2. The van der Waals surface area contributed by atoms with Crippen LogP contribution in [0, 0.1) is 0 Å². The third-order valence-corrected chi connectivity index (χ3v) is 8.51. The number of hydrogen-bond donors (Lipinski definition) is 1. The molecule has 2 heterocycles. The van der Waals surface area contributed by atoms with Gasteiger partial charge in [0, 0.05) is 9.35 Å². The normalized spacial score (nSPS) is 13.6. The fourth-order valence-corrected chi connectivity index (χ4v) is 6.68. The maximum absolute atomic E-state index is 13.7. The molecule has 6 nitrogen and oxygen atoms in total. The van der Waals surface area contributed by atoms with Gasteiger partial charge in [0.2, 0.25) is 0 Å². The maximum atomic E-state index is 13.7. The molecule has 2 aromatic carbocycles. The van der Waals surface area contributed by atoms with Crippen molar-refractivity contribution in [3.8, 4) is 5.69 Å². The van der Waals surface area contributed by atoms with E-state index in [0.29, 0.717) is 10.9 Å². The smallest absolute Gasteiger partial charge is 0.267 e. The van der Waals surface area contributed by atoms with Crippen LogP contribution >= 0.6 is 39.0 Å². The summed E-state index contributed by atoms with van der Waals surface area (Å²) in [6.45, 7) is 1.84. The fourth-order valence-electron chi connectivity index (χ4n) is 4.17. The molecule has 0 radical (unpaired) electrons. The van der Waals surface area contributed by atoms with Crippen molar-refractivity contribution in [1.29, 1.82) is 0 Å². The summed E-state index contributed by atoms with van der Waals surface area (Å²) in [7, 11) is 0. The number of nitrogens with one attached hydrogen (secondary N) is 1. The molecule has 1 amide bonds. The second kappa shape index (κ2) is 10.5. The number of amides is 1. The van der Waals surface area contributed by atoms with Crippen molar-refractivity contribution in [1.82, 2.24) is 15.0 Å². The Kier molecular flexibility index (Phi) is 7.17. The summed E-state index contributed by atoms with van der Waals surface area (Å²) in [4.78, 5) is 33.2. The number of nitrogens with zero attached hydrogens (tertiary/aromatic N) is 3. The van der Waals surface area contributed by atoms with E-state index in [1.807, 2.05) is 61.5 Å². The second-order valence-electron chi connectivity index (χ2n) is 8.29. The van der Waals surface area contributed by atoms with Crippen molar-refractivity contribution in [2.75, 3.05) is 5.75 Å². The molecule has 1 aliphatic carbocycles. The van der Waals surface area contributed by atoms with Gasteiger partial charge in [-0.3, -0.25) is 14.2 Å². The molecule has 2 aromatic heterocycles. The lowest BCUT2D eigenvalue weighted by Gasteiger charge is -2.13. The Balaban J connectivity index is 1.43. The number of benzene rings is 2. The van der Waals surface area contributed by atoms with Gasteiger partial charge in [0.25, 0.3) is 11.5 Å². The number of hydrazone groups is 1. The van der Waals surface area contributed by atoms with Crippen LogP contribution in [-0.4, -0.2) is 26.9 Å². The zero-order valence-corrected chi connectivity index (χ0v) is 22.3. The number of carbonyl (C=O) groups is 1. The predicted octanol–water partition coefficient (Wildman–Crippen LogP) is 5.72. The molecule has 0 bridgehead atoms. The third kappa shape index (κ3) is 5.12. The number of fused-ring (bicyclic) bond motifs is 3. The average molecular weight is 568 g/mol. The van der Waals surface area contributed by atoms with Gasteiger partial charge in [-0.25, -0.2) is 10.4 Å². The average Bonchev–Trinajstić information content (AvgIpc) is 3.25. The first-order valence-corrected chi connectivity index (χ1v) is 14.0. The number of rotatable bonds is 6. The number of thiophene rings is 1. The minimum atomic E-state index is -0.260. The van der Waals surface area contributed by atoms with Crippen LogP contribution in [0.2, 0.25) is 0 Å². The Labute approximate surface area is 219 Å². The summed E-state index contributed by atoms with van der Waals surface area (Å²) < 4.78 is 2.58. The number of hydrogen-bond acceptors (Lipinski definition) is 6. The molecule has 0 atom stereocenters. The van der Waals surface area contributed by atoms with E-state index in [1.54, 1.807) is 15.9 Å². The highest BCUT2D eigenvalue weighted by atomic mass is 79.9. The first-order valence-electron chi connectivity index (χ1n) is 11.4. The molecule has 4 aromatic rings. The summed E-state index contributed by atoms with van der Waals surface area (Å²) in [6.07, 6.45) is 4.17. The first kappa shape index (κ1) is 24.0. The standard InChI is InChI=1S/C26H23BrN4O2S2/c1-16(17-8-7-9-18(27)14-17)29-30-22(32)15-34-26-28-24-23(20-12-5-6-13-21(20)35-24)25(33)31(26)19-10-3-2-4-11-19/h2-4,7-11,14H,5-6,12-13,15H2,1H3,(H,30,32)/b29-16+. The summed E-state index contributed by atoms with van der Waals surface area (Å²) in [5, 5.41) is 5.48. The monoisotopic (exact) mass is 566 g/mol. The van der Waals surface area contributed by atoms with Crippen LogP contribution in [0.1, 0.15) is 35.8 Å². The Morgan fingerprint density at radius 3 is 2.77 bits per heavy atom. The maximum Gasteiger partial charge on any atom is 0.267 e. The minimum absolute atomic E-state index is 0.0629. The SMILES string of the molecule is C/C(=N\NC(=O)CSc1nc2sc3c(c2c(=O)n1-c1ccccc1)CCCC3)c1cccc(Br)c1. The van der Waals surface area contributed by atoms with Crippen LogP contribution in [0.15, 0.2) is 74.1 Å². The van der Waals surface area contributed by atoms with Crippen molar-refractivity contribution in [2.24, 2.45) is 5.10 Å². The van der Waals surface area contributed by atoms with Gasteiger partial charge in [-0.15, -0.1) is 11.3 Å². The molecule has 178 valence electrons. The largest absolute Gasteiger partial charge is 0.272 e. The van der Waals surface area contributed by atoms with Gasteiger partial charge in [-0.2, -0.15) is 5.10 Å². The van der Waals surface area contributed by atoms with Crippen LogP contribution in [0.3, 0.4) is 0 Å². The van der Waals surface area contributed by atoms with Crippen molar-refractivity contribution in [3.63, 3.8) is 0 Å². The van der Waals surface area contributed by atoms with Gasteiger partial charge in [-0.1, -0.05) is 58.0 Å². The van der Waals surface area contributed by atoms with E-state index < -0.39 is 0 Å². The highest BCUT2D eigenvalue weighted by Crippen LogP contribution is 2.35. The van der Waals surface area contributed by atoms with Crippen LogP contribution in [0.25, 0.3) is 15.9 Å². The molecule has 9 heteroatoms. The number of thioether (sulfide) groups is 1. The Hall–Kier alpha value is -2.75. The van der Waals surface area contributed by atoms with Crippen molar-refractivity contribution in [3.05, 3.63) is 85.4 Å². The number of aryl methyl sites for hydroxylation is 2. The van der Waals surface area contributed by atoms with E-state index in [2.05, 4.69) is 26.5 Å². The topological polar surface area (TPSA) is 76.3 Å². The van der Waals surface area contributed by atoms with Crippen LogP contribution in [0.4, 0.5) is 0 Å². The van der Waals surface area contributed by atoms with Crippen molar-refractivity contribution >= 4 is 60.9 Å². The third-order valence-electron chi connectivity index (χ3n) is 5.90. The van der Waals surface area contributed by atoms with E-state index in [9.17, 15) is 9.59 Å². The Morgan fingerprint density at radius 2 is 1.97 bits per heavy atom. The van der Waals surface area contributed by atoms with Gasteiger partial charge >= 0.3 is 0 Å². The summed E-state index contributed by atoms with van der Waals surface area (Å²) >= 11 is 6.31. The number of aromatic nitrogens is 2. The van der Waals surface area contributed by atoms with Gasteiger partial charge in [0.05, 0.1) is 22.5 Å². The molecule has 0 saturated carbocycles. The number of halogens is 1. The van der Waals surface area contributed by atoms with Crippen LogP contribution in [-0.2, 0) is 17.6 Å². The van der Waals surface area contributed by atoms with Crippen molar-refractivity contribution in [2.45, 2.75) is 37.8 Å². The quantitative estimate of drug-likeness (QED) is 0.140.